The molecule has 1 N–H and O–H groups in total. The summed E-state index contributed by atoms with van der Waals surface area (Å²) in [5.74, 6) is 1.89. The Morgan fingerprint density at radius 2 is 1.97 bits per heavy atom. The van der Waals surface area contributed by atoms with Crippen LogP contribution in [-0.2, 0) is 16.0 Å². The number of ether oxygens (including phenoxy) is 3. The minimum atomic E-state index is 0. The average molecular weight is 519 g/mol. The first-order chi connectivity index (χ1) is 13.8. The number of rotatable bonds is 11. The average Bonchev–Trinajstić information content (AvgIpc) is 2.73. The van der Waals surface area contributed by atoms with E-state index in [2.05, 4.69) is 34.3 Å². The third-order valence-electron chi connectivity index (χ3n) is 4.92. The SMILES string of the molecule is CCCCOc1cccc(CNC(=NC)N2CCC(OCCCOC)CC2)c1.I. The topological polar surface area (TPSA) is 55.3 Å². The fourth-order valence-electron chi connectivity index (χ4n) is 3.28. The van der Waals surface area contributed by atoms with Gasteiger partial charge in [0.05, 0.1) is 12.7 Å². The van der Waals surface area contributed by atoms with Gasteiger partial charge in [0.25, 0.3) is 0 Å². The Kier molecular flexibility index (Phi) is 14.1. The van der Waals surface area contributed by atoms with Gasteiger partial charge in [0.2, 0.25) is 0 Å². The molecule has 1 aliphatic heterocycles. The summed E-state index contributed by atoms with van der Waals surface area (Å²) in [6.45, 7) is 7.17. The number of aliphatic imine (C=N–C) groups is 1. The zero-order valence-corrected chi connectivity index (χ0v) is 20.5. The molecule has 166 valence electrons. The molecule has 1 heterocycles. The summed E-state index contributed by atoms with van der Waals surface area (Å²) in [5.41, 5.74) is 1.20. The van der Waals surface area contributed by atoms with E-state index in [9.17, 15) is 0 Å². The van der Waals surface area contributed by atoms with Crippen molar-refractivity contribution in [1.29, 1.82) is 0 Å². The van der Waals surface area contributed by atoms with E-state index in [-0.39, 0.29) is 24.0 Å². The van der Waals surface area contributed by atoms with Gasteiger partial charge >= 0.3 is 0 Å². The molecule has 0 aliphatic carbocycles. The molecule has 0 atom stereocenters. The third-order valence-corrected chi connectivity index (χ3v) is 4.92. The number of guanidine groups is 1. The maximum atomic E-state index is 5.95. The van der Waals surface area contributed by atoms with Crippen molar-refractivity contribution in [3.8, 4) is 5.75 Å². The molecular weight excluding hydrogens is 481 g/mol. The quantitative estimate of drug-likeness (QED) is 0.207. The van der Waals surface area contributed by atoms with Crippen molar-refractivity contribution in [2.75, 3.05) is 47.1 Å². The number of nitrogens with one attached hydrogen (secondary N) is 1. The Morgan fingerprint density at radius 1 is 1.17 bits per heavy atom. The van der Waals surface area contributed by atoms with Crippen molar-refractivity contribution in [3.05, 3.63) is 29.8 Å². The number of halogens is 1. The van der Waals surface area contributed by atoms with Crippen molar-refractivity contribution >= 4 is 29.9 Å². The van der Waals surface area contributed by atoms with Crippen molar-refractivity contribution in [3.63, 3.8) is 0 Å². The highest BCUT2D eigenvalue weighted by molar-refractivity contribution is 14.0. The Morgan fingerprint density at radius 3 is 2.66 bits per heavy atom. The molecule has 1 aromatic rings. The zero-order valence-electron chi connectivity index (χ0n) is 18.2. The number of benzene rings is 1. The second-order valence-electron chi connectivity index (χ2n) is 7.15. The lowest BCUT2D eigenvalue weighted by atomic mass is 10.1. The molecule has 0 aromatic heterocycles. The van der Waals surface area contributed by atoms with Gasteiger partial charge in [-0.05, 0) is 43.4 Å². The molecule has 0 amide bonds. The normalized spacial score (nSPS) is 15.1. The van der Waals surface area contributed by atoms with Gasteiger partial charge in [-0.3, -0.25) is 4.99 Å². The molecule has 29 heavy (non-hydrogen) atoms. The van der Waals surface area contributed by atoms with Crippen LogP contribution in [0, 0.1) is 0 Å². The van der Waals surface area contributed by atoms with Crippen molar-refractivity contribution < 1.29 is 14.2 Å². The van der Waals surface area contributed by atoms with Crippen LogP contribution in [0.5, 0.6) is 5.75 Å². The highest BCUT2D eigenvalue weighted by Crippen LogP contribution is 2.16. The summed E-state index contributed by atoms with van der Waals surface area (Å²) in [5, 5.41) is 3.49. The summed E-state index contributed by atoms with van der Waals surface area (Å²) in [4.78, 5) is 6.78. The summed E-state index contributed by atoms with van der Waals surface area (Å²) in [7, 11) is 3.58. The highest BCUT2D eigenvalue weighted by atomic mass is 127. The first-order valence-corrected chi connectivity index (χ1v) is 10.5. The summed E-state index contributed by atoms with van der Waals surface area (Å²) in [6.07, 6.45) is 5.61. The van der Waals surface area contributed by atoms with E-state index < -0.39 is 0 Å². The van der Waals surface area contributed by atoms with Crippen LogP contribution in [0.15, 0.2) is 29.3 Å². The molecule has 7 heteroatoms. The second kappa shape index (κ2) is 15.7. The lowest BCUT2D eigenvalue weighted by Gasteiger charge is -2.34. The van der Waals surface area contributed by atoms with E-state index in [4.69, 9.17) is 14.2 Å². The van der Waals surface area contributed by atoms with Crippen LogP contribution in [0.4, 0.5) is 0 Å². The van der Waals surface area contributed by atoms with Crippen LogP contribution in [-0.4, -0.2) is 64.0 Å². The molecule has 0 spiro atoms. The van der Waals surface area contributed by atoms with E-state index in [1.54, 1.807) is 7.11 Å². The summed E-state index contributed by atoms with van der Waals surface area (Å²) < 4.78 is 16.8. The van der Waals surface area contributed by atoms with Crippen LogP contribution in [0.2, 0.25) is 0 Å². The van der Waals surface area contributed by atoms with Gasteiger partial charge in [0.1, 0.15) is 5.75 Å². The van der Waals surface area contributed by atoms with Crippen molar-refractivity contribution in [2.24, 2.45) is 4.99 Å². The van der Waals surface area contributed by atoms with Crippen LogP contribution >= 0.6 is 24.0 Å². The standard InChI is InChI=1S/C22H37N3O3.HI/c1-4-5-15-28-21-9-6-8-19(17-21)18-24-22(23-2)25-12-10-20(11-13-25)27-16-7-14-26-3;/h6,8-9,17,20H,4-5,7,10-16,18H2,1-3H3,(H,23,24);1H. The lowest BCUT2D eigenvalue weighted by molar-refractivity contribution is 0.00989. The Labute approximate surface area is 193 Å². The molecule has 0 saturated carbocycles. The minimum Gasteiger partial charge on any atom is -0.494 e. The minimum absolute atomic E-state index is 0. The number of methoxy groups -OCH3 is 1. The zero-order chi connectivity index (χ0) is 20.0. The van der Waals surface area contributed by atoms with Gasteiger partial charge < -0.3 is 24.4 Å². The third kappa shape index (κ3) is 10.00. The van der Waals surface area contributed by atoms with Crippen molar-refractivity contribution in [1.82, 2.24) is 10.2 Å². The molecule has 1 saturated heterocycles. The van der Waals surface area contributed by atoms with Crippen LogP contribution < -0.4 is 10.1 Å². The van der Waals surface area contributed by atoms with Crippen LogP contribution in [0.1, 0.15) is 44.6 Å². The van der Waals surface area contributed by atoms with Crippen molar-refractivity contribution in [2.45, 2.75) is 51.7 Å². The van der Waals surface area contributed by atoms with Gasteiger partial charge in [0, 0.05) is 47.0 Å². The van der Waals surface area contributed by atoms with Crippen LogP contribution in [0.25, 0.3) is 0 Å². The number of hydrogen-bond acceptors (Lipinski definition) is 4. The summed E-state index contributed by atoms with van der Waals surface area (Å²) in [6, 6.07) is 8.29. The second-order valence-corrected chi connectivity index (χ2v) is 7.15. The van der Waals surface area contributed by atoms with E-state index >= 15 is 0 Å². The number of likely N-dealkylation sites (tertiary alicyclic amines) is 1. The molecule has 0 radical (unpaired) electrons. The number of hydrogen-bond donors (Lipinski definition) is 1. The highest BCUT2D eigenvalue weighted by Gasteiger charge is 2.21. The molecule has 2 rings (SSSR count). The molecule has 0 bridgehead atoms. The first-order valence-electron chi connectivity index (χ1n) is 10.5. The van der Waals surface area contributed by atoms with E-state index in [0.717, 1.165) is 83.3 Å². The monoisotopic (exact) mass is 519 g/mol. The van der Waals surface area contributed by atoms with E-state index in [0.29, 0.717) is 6.10 Å². The van der Waals surface area contributed by atoms with E-state index in [1.165, 1.54) is 5.56 Å². The van der Waals surface area contributed by atoms with Crippen LogP contribution in [0.3, 0.4) is 0 Å². The Hall–Kier alpha value is -1.06. The molecule has 6 nitrogen and oxygen atoms in total. The van der Waals surface area contributed by atoms with Gasteiger partial charge in [-0.2, -0.15) is 0 Å². The number of unbranched alkanes of at least 4 members (excludes halogenated alkanes) is 1. The first kappa shape index (κ1) is 26.0. The predicted octanol–water partition coefficient (Wildman–Crippen LogP) is 4.08. The maximum absolute atomic E-state index is 5.95. The number of nitrogens with zero attached hydrogens (tertiary/aromatic N) is 2. The Bertz CT molecular complexity index is 578. The summed E-state index contributed by atoms with van der Waals surface area (Å²) >= 11 is 0. The maximum Gasteiger partial charge on any atom is 0.193 e. The smallest absolute Gasteiger partial charge is 0.193 e. The van der Waals surface area contributed by atoms with Gasteiger partial charge in [-0.25, -0.2) is 0 Å². The van der Waals surface area contributed by atoms with E-state index in [1.807, 2.05) is 19.2 Å². The Balaban J connectivity index is 0.00000420. The molecule has 1 aliphatic rings. The van der Waals surface area contributed by atoms with Gasteiger partial charge in [0.15, 0.2) is 5.96 Å². The van der Waals surface area contributed by atoms with Gasteiger partial charge in [-0.1, -0.05) is 25.5 Å². The molecular formula is C22H38IN3O3. The largest absolute Gasteiger partial charge is 0.494 e. The molecule has 1 fully saturated rings. The fourth-order valence-corrected chi connectivity index (χ4v) is 3.28. The number of piperidine rings is 1. The van der Waals surface area contributed by atoms with Gasteiger partial charge in [-0.15, -0.1) is 24.0 Å². The lowest BCUT2D eigenvalue weighted by Crippen LogP contribution is -2.46. The fraction of sp³-hybridized carbons (Fsp3) is 0.682. The predicted molar refractivity (Wildman–Crippen MR) is 129 cm³/mol. The molecule has 0 unspecified atom stereocenters. The molecule has 1 aromatic carbocycles.